The Bertz CT molecular complexity index is 893. The van der Waals surface area contributed by atoms with Gasteiger partial charge in [0.1, 0.15) is 10.9 Å². The molecule has 0 spiro atoms. The van der Waals surface area contributed by atoms with Crippen LogP contribution in [0.3, 0.4) is 0 Å². The van der Waals surface area contributed by atoms with Gasteiger partial charge >= 0.3 is 6.03 Å². The van der Waals surface area contributed by atoms with Crippen LogP contribution in [0.15, 0.2) is 40.7 Å². The summed E-state index contributed by atoms with van der Waals surface area (Å²) in [7, 11) is -3.13. The number of hydrogen-bond donors (Lipinski definition) is 5. The molecular formula is C23H35N5O3S. The Kier molecular flexibility index (Phi) is 7.97. The normalized spacial score (nSPS) is 20.6. The zero-order chi connectivity index (χ0) is 23.3. The molecule has 176 valence electrons. The fourth-order valence-corrected chi connectivity index (χ4v) is 5.44. The molecule has 1 aliphatic carbocycles. The third-order valence-corrected chi connectivity index (χ3v) is 8.10. The molecule has 6 N–H and O–H groups in total. The molecule has 2 aliphatic rings. The second-order valence-electron chi connectivity index (χ2n) is 8.64. The summed E-state index contributed by atoms with van der Waals surface area (Å²) in [6, 6.07) is 6.85. The Labute approximate surface area is 191 Å². The number of anilines is 1. The second kappa shape index (κ2) is 10.5. The Balaban J connectivity index is 1.83. The maximum absolute atomic E-state index is 13.5. The van der Waals surface area contributed by atoms with E-state index in [1.807, 2.05) is 12.1 Å². The monoisotopic (exact) mass is 461 g/mol. The number of nitrogens with one attached hydrogen (secondary N) is 2. The van der Waals surface area contributed by atoms with Crippen molar-refractivity contribution < 1.29 is 13.9 Å². The van der Waals surface area contributed by atoms with E-state index in [-0.39, 0.29) is 35.3 Å². The van der Waals surface area contributed by atoms with Gasteiger partial charge in [-0.25, -0.2) is 4.79 Å². The van der Waals surface area contributed by atoms with E-state index in [1.165, 1.54) is 12.8 Å². The van der Waals surface area contributed by atoms with Crippen LogP contribution in [0.4, 0.5) is 10.5 Å². The van der Waals surface area contributed by atoms with Crippen molar-refractivity contribution in [1.29, 1.82) is 5.41 Å². The van der Waals surface area contributed by atoms with E-state index < -0.39 is 10.6 Å². The standard InChI is InChI=1S/C23H35N5O3S/c1-16(2)32(30,31)21-15-18(12-13-26-21)27-23(29)28(19-9-5-3-4-6-10-19)20-11-7-8-17(14-20)22(24)25/h7-8,11,14,18-19,30-31H,1,3-6,9-10,12-13,15H2,2H3,(H3,24,25)(H,27,29). The van der Waals surface area contributed by atoms with Crippen molar-refractivity contribution in [3.63, 3.8) is 0 Å². The maximum atomic E-state index is 13.5. The Morgan fingerprint density at radius 2 is 1.94 bits per heavy atom. The van der Waals surface area contributed by atoms with Crippen LogP contribution in [0, 0.1) is 5.41 Å². The highest BCUT2D eigenvalue weighted by Gasteiger charge is 2.32. The number of nitrogens with two attached hydrogens (primary N) is 1. The lowest BCUT2D eigenvalue weighted by atomic mass is 10.0. The largest absolute Gasteiger partial charge is 0.384 e. The van der Waals surface area contributed by atoms with E-state index in [9.17, 15) is 13.9 Å². The number of urea groups is 1. The van der Waals surface area contributed by atoms with Crippen molar-refractivity contribution in [3.8, 4) is 0 Å². The van der Waals surface area contributed by atoms with Crippen molar-refractivity contribution in [3.05, 3.63) is 41.3 Å². The summed E-state index contributed by atoms with van der Waals surface area (Å²) >= 11 is 0. The quantitative estimate of drug-likeness (QED) is 0.238. The minimum atomic E-state index is -3.13. The number of carbonyl (C=O) groups is 1. The van der Waals surface area contributed by atoms with E-state index in [4.69, 9.17) is 11.1 Å². The fourth-order valence-electron chi connectivity index (χ4n) is 4.33. The smallest absolute Gasteiger partial charge is 0.322 e. The van der Waals surface area contributed by atoms with Gasteiger partial charge < -0.3 is 11.1 Å². The average Bonchev–Trinajstić information content (AvgIpc) is 3.03. The van der Waals surface area contributed by atoms with Crippen molar-refractivity contribution in [1.82, 2.24) is 5.32 Å². The van der Waals surface area contributed by atoms with Crippen molar-refractivity contribution in [2.75, 3.05) is 11.4 Å². The first kappa shape index (κ1) is 24.3. The van der Waals surface area contributed by atoms with Crippen LogP contribution in [0.5, 0.6) is 0 Å². The van der Waals surface area contributed by atoms with Gasteiger partial charge in [-0.3, -0.25) is 24.4 Å². The molecular weight excluding hydrogens is 426 g/mol. The van der Waals surface area contributed by atoms with Gasteiger partial charge in [0.25, 0.3) is 0 Å². The number of benzene rings is 1. The molecule has 3 rings (SSSR count). The van der Waals surface area contributed by atoms with E-state index in [0.29, 0.717) is 23.6 Å². The number of hydrogen-bond acceptors (Lipinski definition) is 5. The number of nitrogen functional groups attached to an aromatic ring is 1. The number of amides is 2. The van der Waals surface area contributed by atoms with Crippen molar-refractivity contribution in [2.24, 2.45) is 10.7 Å². The summed E-state index contributed by atoms with van der Waals surface area (Å²) in [4.78, 5) is 19.9. The minimum Gasteiger partial charge on any atom is -0.384 e. The highest BCUT2D eigenvalue weighted by Crippen LogP contribution is 2.49. The molecule has 0 aromatic heterocycles. The first-order valence-corrected chi connectivity index (χ1v) is 12.8. The lowest BCUT2D eigenvalue weighted by Gasteiger charge is -2.38. The zero-order valence-corrected chi connectivity index (χ0v) is 19.5. The van der Waals surface area contributed by atoms with E-state index in [1.54, 1.807) is 24.0 Å². The lowest BCUT2D eigenvalue weighted by molar-refractivity contribution is 0.238. The van der Waals surface area contributed by atoms with Gasteiger partial charge in [0, 0.05) is 41.2 Å². The summed E-state index contributed by atoms with van der Waals surface area (Å²) in [5.41, 5.74) is 6.99. The van der Waals surface area contributed by atoms with Gasteiger partial charge in [0.2, 0.25) is 0 Å². The Morgan fingerprint density at radius 3 is 2.56 bits per heavy atom. The molecule has 1 aromatic carbocycles. The van der Waals surface area contributed by atoms with E-state index in [2.05, 4.69) is 16.9 Å². The highest BCUT2D eigenvalue weighted by atomic mass is 32.3. The molecule has 8 nitrogen and oxygen atoms in total. The predicted octanol–water partition coefficient (Wildman–Crippen LogP) is 5.05. The van der Waals surface area contributed by atoms with E-state index >= 15 is 0 Å². The molecule has 0 radical (unpaired) electrons. The van der Waals surface area contributed by atoms with Crippen LogP contribution in [0.1, 0.15) is 63.9 Å². The molecule has 1 aliphatic heterocycles. The summed E-state index contributed by atoms with van der Waals surface area (Å²) in [6.07, 6.45) is 7.24. The van der Waals surface area contributed by atoms with Crippen molar-refractivity contribution in [2.45, 2.75) is 70.4 Å². The fraction of sp³-hybridized carbons (Fsp3) is 0.522. The lowest BCUT2D eigenvalue weighted by Crippen LogP contribution is -2.51. The number of carbonyl (C=O) groups excluding carboxylic acids is 1. The van der Waals surface area contributed by atoms with E-state index in [0.717, 1.165) is 31.4 Å². The summed E-state index contributed by atoms with van der Waals surface area (Å²) < 4.78 is 20.9. The maximum Gasteiger partial charge on any atom is 0.322 e. The number of amidine groups is 1. The minimum absolute atomic E-state index is 0.0359. The molecule has 1 heterocycles. The summed E-state index contributed by atoms with van der Waals surface area (Å²) in [6.45, 7) is 5.68. The number of aliphatic imine (C=N–C) groups is 1. The first-order valence-electron chi connectivity index (χ1n) is 11.2. The van der Waals surface area contributed by atoms with Gasteiger partial charge in [0.05, 0.1) is 0 Å². The second-order valence-corrected chi connectivity index (χ2v) is 10.9. The Morgan fingerprint density at radius 1 is 1.25 bits per heavy atom. The first-order chi connectivity index (χ1) is 15.2. The van der Waals surface area contributed by atoms with Crippen LogP contribution in [-0.2, 0) is 0 Å². The molecule has 0 bridgehead atoms. The van der Waals surface area contributed by atoms with Gasteiger partial charge in [0.15, 0.2) is 0 Å². The zero-order valence-electron chi connectivity index (χ0n) is 18.7. The average molecular weight is 462 g/mol. The molecule has 1 aromatic rings. The molecule has 32 heavy (non-hydrogen) atoms. The van der Waals surface area contributed by atoms with Crippen LogP contribution in [0.25, 0.3) is 0 Å². The highest BCUT2D eigenvalue weighted by molar-refractivity contribution is 8.39. The molecule has 2 amide bonds. The van der Waals surface area contributed by atoms with Crippen LogP contribution in [0.2, 0.25) is 0 Å². The number of rotatable bonds is 5. The third kappa shape index (κ3) is 5.70. The van der Waals surface area contributed by atoms with Crippen LogP contribution < -0.4 is 16.0 Å². The summed E-state index contributed by atoms with van der Waals surface area (Å²) in [5, 5.41) is 11.2. The predicted molar refractivity (Wildman–Crippen MR) is 133 cm³/mol. The molecule has 1 atom stereocenters. The van der Waals surface area contributed by atoms with Gasteiger partial charge in [-0.1, -0.05) is 44.4 Å². The molecule has 1 saturated carbocycles. The summed E-state index contributed by atoms with van der Waals surface area (Å²) in [5.74, 6) is -0.0359. The van der Waals surface area contributed by atoms with Gasteiger partial charge in [-0.05, 0) is 38.3 Å². The van der Waals surface area contributed by atoms with Gasteiger partial charge in [-0.2, -0.15) is 0 Å². The van der Waals surface area contributed by atoms with Gasteiger partial charge in [-0.15, -0.1) is 10.6 Å². The number of allylic oxidation sites excluding steroid dienone is 1. The molecule has 9 heteroatoms. The molecule has 1 unspecified atom stereocenters. The topological polar surface area (TPSA) is 135 Å². The molecule has 1 fully saturated rings. The van der Waals surface area contributed by atoms with Crippen LogP contribution >= 0.6 is 10.6 Å². The van der Waals surface area contributed by atoms with Crippen molar-refractivity contribution >= 4 is 33.2 Å². The third-order valence-electron chi connectivity index (χ3n) is 6.17. The Hall–Kier alpha value is -2.36. The SMILES string of the molecule is C=C(C)S(O)(O)C1=NCCC(NC(=O)N(c2cccc(C(=N)N)c2)C2CCCCCC2)C1. The molecule has 0 saturated heterocycles. The number of nitrogens with zero attached hydrogens (tertiary/aromatic N) is 2. The van der Waals surface area contributed by atoms with Crippen LogP contribution in [-0.4, -0.2) is 44.6 Å².